The largest absolute Gasteiger partial charge is 0.471 e. The molecule has 3 aliphatic heterocycles. The van der Waals surface area contributed by atoms with Crippen molar-refractivity contribution in [3.05, 3.63) is 47.4 Å². The molecule has 14 heteroatoms. The fourth-order valence-electron chi connectivity index (χ4n) is 7.14. The third kappa shape index (κ3) is 4.90. The molecule has 3 saturated heterocycles. The van der Waals surface area contributed by atoms with E-state index in [4.69, 9.17) is 26.8 Å². The molecule has 2 N–H and O–H groups in total. The zero-order chi connectivity index (χ0) is 32.3. The molecule has 0 spiro atoms. The maximum atomic E-state index is 14.8. The van der Waals surface area contributed by atoms with Crippen LogP contribution in [0.3, 0.4) is 0 Å². The lowest BCUT2D eigenvalue weighted by molar-refractivity contribution is -0.127. The van der Waals surface area contributed by atoms with Crippen molar-refractivity contribution in [3.8, 4) is 29.2 Å². The van der Waals surface area contributed by atoms with Crippen LogP contribution in [0.25, 0.3) is 32.2 Å². The fourth-order valence-corrected chi connectivity index (χ4v) is 8.38. The lowest BCUT2D eigenvalue weighted by Gasteiger charge is -2.30. The summed E-state index contributed by atoms with van der Waals surface area (Å²) in [5.74, 6) is -0.535. The van der Waals surface area contributed by atoms with Crippen molar-refractivity contribution in [2.45, 2.75) is 56.5 Å². The number of carbonyl (C=O) groups is 1. The molecule has 4 atom stereocenters. The number of likely N-dealkylation sites (tertiary alicyclic amines) is 1. The highest BCUT2D eigenvalue weighted by Crippen LogP contribution is 2.45. The number of anilines is 1. The predicted molar refractivity (Wildman–Crippen MR) is 171 cm³/mol. The van der Waals surface area contributed by atoms with Gasteiger partial charge in [0.1, 0.15) is 41.3 Å². The first-order valence-corrected chi connectivity index (χ1v) is 16.2. The molecule has 1 aromatic carbocycles. The molecule has 10 nitrogen and oxygen atoms in total. The van der Waals surface area contributed by atoms with Crippen molar-refractivity contribution in [1.29, 1.82) is 5.26 Å². The van der Waals surface area contributed by atoms with E-state index >= 15 is 0 Å². The zero-order valence-corrected chi connectivity index (χ0v) is 26.5. The quantitative estimate of drug-likeness (QED) is 0.248. The fraction of sp³-hybridized carbons (Fsp3) is 0.406. The number of aromatic nitrogens is 3. The number of carbonyl (C=O) groups excluding carboxylic acids is 1. The number of hydrogen-bond donors (Lipinski definition) is 1. The van der Waals surface area contributed by atoms with Gasteiger partial charge in [0, 0.05) is 43.1 Å². The Morgan fingerprint density at radius 2 is 2.20 bits per heavy atom. The number of nitrogen functional groups attached to an aromatic ring is 1. The number of halogens is 3. The number of ether oxygens (including phenoxy) is 2. The van der Waals surface area contributed by atoms with Gasteiger partial charge in [0.05, 0.1) is 37.9 Å². The standard InChI is InChI=1S/C32H30ClF2N7O3S/c1-3-23(43)42-10-7-22(16(42)2)45-30-20-13-38-26(18-5-6-21(35)28-24(18)19(12-36)29(37)46-28)25(33)27(20)39-31(40-30)44-15-32-8-4-9-41(32)14-17(34)11-32/h3,5-6,13,16-17,22H,1,4,7-11,14-15,37H2,2H3/t16-,17+,22+,32-/m0/s1. The summed E-state index contributed by atoms with van der Waals surface area (Å²) < 4.78 is 42.1. The Kier molecular flexibility index (Phi) is 7.70. The minimum Gasteiger partial charge on any atom is -0.471 e. The number of hydrogen-bond acceptors (Lipinski definition) is 10. The van der Waals surface area contributed by atoms with Crippen molar-refractivity contribution in [2.75, 3.05) is 32.0 Å². The van der Waals surface area contributed by atoms with Crippen molar-refractivity contribution in [1.82, 2.24) is 24.8 Å². The Morgan fingerprint density at radius 3 is 2.98 bits per heavy atom. The summed E-state index contributed by atoms with van der Waals surface area (Å²) in [6.45, 7) is 7.35. The Morgan fingerprint density at radius 1 is 1.37 bits per heavy atom. The van der Waals surface area contributed by atoms with Gasteiger partial charge in [-0.2, -0.15) is 15.2 Å². The van der Waals surface area contributed by atoms with Crippen LogP contribution in [0.5, 0.6) is 11.9 Å². The van der Waals surface area contributed by atoms with Gasteiger partial charge in [-0.05, 0) is 44.5 Å². The Balaban J connectivity index is 1.33. The predicted octanol–water partition coefficient (Wildman–Crippen LogP) is 5.66. The number of amides is 1. The van der Waals surface area contributed by atoms with Gasteiger partial charge in [0.25, 0.3) is 0 Å². The molecule has 0 aliphatic carbocycles. The second kappa shape index (κ2) is 11.6. The van der Waals surface area contributed by atoms with Gasteiger partial charge >= 0.3 is 6.01 Å². The number of rotatable bonds is 7. The number of alkyl halides is 1. The molecule has 46 heavy (non-hydrogen) atoms. The molecule has 1 amide bonds. The third-order valence-corrected chi connectivity index (χ3v) is 10.8. The van der Waals surface area contributed by atoms with Crippen molar-refractivity contribution < 1.29 is 23.0 Å². The van der Waals surface area contributed by atoms with E-state index in [0.29, 0.717) is 42.3 Å². The molecule has 4 aromatic rings. The van der Waals surface area contributed by atoms with Gasteiger partial charge in [0.15, 0.2) is 0 Å². The van der Waals surface area contributed by atoms with Crippen LogP contribution in [0, 0.1) is 17.1 Å². The molecule has 0 radical (unpaired) electrons. The maximum Gasteiger partial charge on any atom is 0.320 e. The molecule has 3 aromatic heterocycles. The molecule has 0 saturated carbocycles. The number of nitrogens with two attached hydrogens (primary N) is 1. The van der Waals surface area contributed by atoms with Crippen LogP contribution in [0.4, 0.5) is 13.8 Å². The van der Waals surface area contributed by atoms with Crippen molar-refractivity contribution in [3.63, 3.8) is 0 Å². The van der Waals surface area contributed by atoms with E-state index in [9.17, 15) is 18.8 Å². The van der Waals surface area contributed by atoms with E-state index in [0.717, 1.165) is 30.7 Å². The van der Waals surface area contributed by atoms with Crippen LogP contribution in [0.2, 0.25) is 5.02 Å². The van der Waals surface area contributed by atoms with E-state index in [-0.39, 0.29) is 61.9 Å². The van der Waals surface area contributed by atoms with E-state index in [1.807, 2.05) is 6.92 Å². The van der Waals surface area contributed by atoms with Crippen LogP contribution in [-0.4, -0.2) is 80.8 Å². The van der Waals surface area contributed by atoms with Crippen LogP contribution >= 0.6 is 22.9 Å². The van der Waals surface area contributed by atoms with Crippen molar-refractivity contribution >= 4 is 54.8 Å². The lowest BCUT2D eigenvalue weighted by atomic mass is 9.95. The molecular formula is C32H30ClF2N7O3S. The minimum atomic E-state index is -0.926. The zero-order valence-electron chi connectivity index (χ0n) is 24.9. The Labute approximate surface area is 272 Å². The highest BCUT2D eigenvalue weighted by molar-refractivity contribution is 7.23. The molecular weight excluding hydrogens is 636 g/mol. The summed E-state index contributed by atoms with van der Waals surface area (Å²) in [6.07, 6.45) is 4.15. The Hall–Kier alpha value is -4.12. The summed E-state index contributed by atoms with van der Waals surface area (Å²) >= 11 is 8.01. The van der Waals surface area contributed by atoms with Crippen LogP contribution < -0.4 is 15.2 Å². The highest BCUT2D eigenvalue weighted by atomic mass is 35.5. The summed E-state index contributed by atoms with van der Waals surface area (Å²) in [5, 5.41) is 10.8. The first kappa shape index (κ1) is 30.5. The van der Waals surface area contributed by atoms with Gasteiger partial charge in [0.2, 0.25) is 11.8 Å². The molecule has 238 valence electrons. The second-order valence-electron chi connectivity index (χ2n) is 12.0. The average Bonchev–Trinajstić information content (AvgIpc) is 3.78. The van der Waals surface area contributed by atoms with E-state index in [1.165, 1.54) is 24.4 Å². The highest BCUT2D eigenvalue weighted by Gasteiger charge is 2.49. The topological polar surface area (TPSA) is 130 Å². The molecule has 6 heterocycles. The minimum absolute atomic E-state index is 0.00324. The summed E-state index contributed by atoms with van der Waals surface area (Å²) in [7, 11) is 0. The van der Waals surface area contributed by atoms with Gasteiger partial charge in [-0.1, -0.05) is 18.2 Å². The van der Waals surface area contributed by atoms with Gasteiger partial charge in [-0.15, -0.1) is 11.3 Å². The van der Waals surface area contributed by atoms with Crippen molar-refractivity contribution in [2.24, 2.45) is 0 Å². The number of thiophene rings is 1. The number of nitrogens with zero attached hydrogens (tertiary/aromatic N) is 6. The van der Waals surface area contributed by atoms with Crippen LogP contribution in [-0.2, 0) is 4.79 Å². The molecule has 3 fully saturated rings. The van der Waals surface area contributed by atoms with Gasteiger partial charge < -0.3 is 20.1 Å². The van der Waals surface area contributed by atoms with Gasteiger partial charge in [-0.25, -0.2) is 8.78 Å². The molecule has 0 bridgehead atoms. The van der Waals surface area contributed by atoms with E-state index in [2.05, 4.69) is 32.5 Å². The summed E-state index contributed by atoms with van der Waals surface area (Å²) in [5.41, 5.74) is 6.72. The number of nitriles is 1. The average molecular weight is 666 g/mol. The smallest absolute Gasteiger partial charge is 0.320 e. The first-order valence-electron chi connectivity index (χ1n) is 15.0. The molecule has 0 unspecified atom stereocenters. The second-order valence-corrected chi connectivity index (χ2v) is 13.5. The normalized spacial score (nSPS) is 24.4. The lowest BCUT2D eigenvalue weighted by Crippen LogP contribution is -2.43. The number of benzene rings is 1. The maximum absolute atomic E-state index is 14.8. The molecule has 7 rings (SSSR count). The van der Waals surface area contributed by atoms with Gasteiger partial charge in [-0.3, -0.25) is 14.7 Å². The summed E-state index contributed by atoms with van der Waals surface area (Å²) in [4.78, 5) is 30.1. The third-order valence-electron chi connectivity index (χ3n) is 9.45. The Bertz CT molecular complexity index is 1950. The number of fused-ring (bicyclic) bond motifs is 3. The number of pyridine rings is 1. The van der Waals surface area contributed by atoms with Crippen LogP contribution in [0.1, 0.15) is 38.2 Å². The van der Waals surface area contributed by atoms with E-state index in [1.54, 1.807) is 4.90 Å². The van der Waals surface area contributed by atoms with Crippen LogP contribution in [0.15, 0.2) is 31.0 Å². The summed E-state index contributed by atoms with van der Waals surface area (Å²) in [6, 6.07) is 4.59. The van der Waals surface area contributed by atoms with E-state index < -0.39 is 23.6 Å². The molecule has 3 aliphatic rings. The first-order chi connectivity index (χ1) is 22.1. The monoisotopic (exact) mass is 665 g/mol. The SMILES string of the molecule is C=CC(=O)N1CC[C@@H](Oc2nc(OC[C@@]34CCCN3C[C@H](F)C4)nc3c(Cl)c(-c4ccc(F)c5sc(N)c(C#N)c45)ncc23)[C@@H]1C.